The third kappa shape index (κ3) is 2.29. The number of halogens is 3. The molecule has 2 heterocycles. The molecule has 1 atom stereocenters. The second kappa shape index (κ2) is 4.59. The molecule has 4 nitrogen and oxygen atoms in total. The zero-order valence-corrected chi connectivity index (χ0v) is 10.4. The molecule has 0 amide bonds. The summed E-state index contributed by atoms with van der Waals surface area (Å²) in [6.07, 6.45) is -0.945. The molecule has 0 aliphatic heterocycles. The van der Waals surface area contributed by atoms with Crippen LogP contribution in [0.25, 0.3) is 11.5 Å². The molecule has 1 aliphatic rings. The third-order valence-corrected chi connectivity index (χ3v) is 3.29. The van der Waals surface area contributed by atoms with Crippen molar-refractivity contribution >= 4 is 0 Å². The van der Waals surface area contributed by atoms with E-state index in [0.717, 1.165) is 37.2 Å². The molecule has 2 aromatic heterocycles. The van der Waals surface area contributed by atoms with Gasteiger partial charge in [0.15, 0.2) is 0 Å². The molecule has 0 saturated carbocycles. The van der Waals surface area contributed by atoms with Crippen LogP contribution in [0.5, 0.6) is 0 Å². The molecule has 0 unspecified atom stereocenters. The van der Waals surface area contributed by atoms with Gasteiger partial charge in [-0.25, -0.2) is 4.98 Å². The molecular formula is C13H12F3N3O. The third-order valence-electron chi connectivity index (χ3n) is 3.29. The number of nitrogens with zero attached hydrogens (tertiary/aromatic N) is 2. The van der Waals surface area contributed by atoms with Gasteiger partial charge >= 0.3 is 6.18 Å². The molecule has 0 fully saturated rings. The molecule has 1 aliphatic carbocycles. The number of hydrogen-bond acceptors (Lipinski definition) is 4. The normalized spacial score (nSPS) is 18.9. The van der Waals surface area contributed by atoms with Gasteiger partial charge < -0.3 is 10.2 Å². The Bertz CT molecular complexity index is 636. The van der Waals surface area contributed by atoms with E-state index in [0.29, 0.717) is 5.76 Å². The van der Waals surface area contributed by atoms with E-state index >= 15 is 0 Å². The molecule has 0 aromatic carbocycles. The van der Waals surface area contributed by atoms with Gasteiger partial charge in [-0.3, -0.25) is 4.98 Å². The molecule has 3 rings (SSSR count). The van der Waals surface area contributed by atoms with E-state index in [1.807, 2.05) is 0 Å². The topological polar surface area (TPSA) is 64.9 Å². The minimum Gasteiger partial charge on any atom is -0.439 e. The number of rotatable bonds is 1. The number of nitrogens with two attached hydrogens (primary N) is 1. The Balaban J connectivity index is 2.02. The first-order chi connectivity index (χ1) is 9.45. The fraction of sp³-hybridized carbons (Fsp3) is 0.385. The van der Waals surface area contributed by atoms with Crippen LogP contribution in [0.4, 0.5) is 13.2 Å². The summed E-state index contributed by atoms with van der Waals surface area (Å²) in [7, 11) is 0. The number of fused-ring (bicyclic) bond motifs is 1. The Morgan fingerprint density at radius 1 is 1.35 bits per heavy atom. The summed E-state index contributed by atoms with van der Waals surface area (Å²) in [5.41, 5.74) is 5.95. The van der Waals surface area contributed by atoms with Crippen molar-refractivity contribution in [3.05, 3.63) is 35.5 Å². The number of aromatic nitrogens is 2. The molecule has 0 spiro atoms. The summed E-state index contributed by atoms with van der Waals surface area (Å²) in [6.45, 7) is 0. The quantitative estimate of drug-likeness (QED) is 0.873. The first-order valence-electron chi connectivity index (χ1n) is 6.24. The number of aryl methyl sites for hydroxylation is 1. The fourth-order valence-corrected chi connectivity index (χ4v) is 2.29. The number of pyridine rings is 1. The van der Waals surface area contributed by atoms with E-state index in [-0.39, 0.29) is 17.5 Å². The first-order valence-corrected chi connectivity index (χ1v) is 6.24. The van der Waals surface area contributed by atoms with Crippen LogP contribution >= 0.6 is 0 Å². The summed E-state index contributed by atoms with van der Waals surface area (Å²) in [5.74, 6) is 0.747. The average Bonchev–Trinajstić information content (AvgIpc) is 2.83. The predicted molar refractivity (Wildman–Crippen MR) is 64.6 cm³/mol. The van der Waals surface area contributed by atoms with Crippen molar-refractivity contribution in [1.29, 1.82) is 0 Å². The van der Waals surface area contributed by atoms with Crippen LogP contribution in [0.1, 0.15) is 36.0 Å². The standard InChI is InChI=1S/C13H12F3N3O/c14-13(15,16)10-6-7(4-5-18-10)12-19-9-3-1-2-8(17)11(9)20-12/h4-6,8H,1-3,17H2/t8-/m0/s1. The predicted octanol–water partition coefficient (Wildman–Crippen LogP) is 3.09. The zero-order valence-electron chi connectivity index (χ0n) is 10.4. The summed E-state index contributed by atoms with van der Waals surface area (Å²) in [6, 6.07) is 2.14. The Morgan fingerprint density at radius 3 is 2.85 bits per heavy atom. The highest BCUT2D eigenvalue weighted by atomic mass is 19.4. The lowest BCUT2D eigenvalue weighted by atomic mass is 9.98. The maximum atomic E-state index is 12.6. The van der Waals surface area contributed by atoms with Gasteiger partial charge in [0.25, 0.3) is 0 Å². The minimum atomic E-state index is -4.49. The molecule has 20 heavy (non-hydrogen) atoms. The maximum Gasteiger partial charge on any atom is 0.433 e. The van der Waals surface area contributed by atoms with Crippen molar-refractivity contribution in [3.8, 4) is 11.5 Å². The van der Waals surface area contributed by atoms with Crippen molar-refractivity contribution in [3.63, 3.8) is 0 Å². The van der Waals surface area contributed by atoms with E-state index in [1.54, 1.807) is 0 Å². The Morgan fingerprint density at radius 2 is 2.15 bits per heavy atom. The Labute approximate surface area is 112 Å². The van der Waals surface area contributed by atoms with Crippen LogP contribution in [0.15, 0.2) is 22.7 Å². The van der Waals surface area contributed by atoms with E-state index in [9.17, 15) is 13.2 Å². The van der Waals surface area contributed by atoms with Gasteiger partial charge in [-0.2, -0.15) is 13.2 Å². The highest BCUT2D eigenvalue weighted by Gasteiger charge is 2.33. The Kier molecular flexibility index (Phi) is 3.01. The van der Waals surface area contributed by atoms with Gasteiger partial charge in [-0.1, -0.05) is 0 Å². The van der Waals surface area contributed by atoms with E-state index in [2.05, 4.69) is 9.97 Å². The van der Waals surface area contributed by atoms with Gasteiger partial charge in [-0.05, 0) is 31.4 Å². The number of oxazole rings is 1. The van der Waals surface area contributed by atoms with Crippen LogP contribution in [0.2, 0.25) is 0 Å². The molecule has 0 bridgehead atoms. The molecular weight excluding hydrogens is 271 g/mol. The van der Waals surface area contributed by atoms with Crippen molar-refractivity contribution in [2.24, 2.45) is 5.73 Å². The molecule has 2 aromatic rings. The average molecular weight is 283 g/mol. The summed E-state index contributed by atoms with van der Waals surface area (Å²) in [4.78, 5) is 7.57. The summed E-state index contributed by atoms with van der Waals surface area (Å²) in [5, 5.41) is 0. The first kappa shape index (κ1) is 13.1. The molecule has 7 heteroatoms. The van der Waals surface area contributed by atoms with Crippen LogP contribution in [-0.2, 0) is 12.6 Å². The number of hydrogen-bond donors (Lipinski definition) is 1. The van der Waals surface area contributed by atoms with Crippen molar-refractivity contribution < 1.29 is 17.6 Å². The van der Waals surface area contributed by atoms with E-state index in [4.69, 9.17) is 10.2 Å². The SMILES string of the molecule is N[C@H]1CCCc2nc(-c3ccnc(C(F)(F)F)c3)oc21. The lowest BCUT2D eigenvalue weighted by Gasteiger charge is -2.14. The van der Waals surface area contributed by atoms with Gasteiger partial charge in [0.05, 0.1) is 11.7 Å². The highest BCUT2D eigenvalue weighted by molar-refractivity contribution is 5.54. The Hall–Kier alpha value is -1.89. The monoisotopic (exact) mass is 283 g/mol. The largest absolute Gasteiger partial charge is 0.439 e. The molecule has 0 saturated heterocycles. The highest BCUT2D eigenvalue weighted by Crippen LogP contribution is 2.34. The van der Waals surface area contributed by atoms with E-state index < -0.39 is 11.9 Å². The molecule has 106 valence electrons. The smallest absolute Gasteiger partial charge is 0.433 e. The van der Waals surface area contributed by atoms with E-state index in [1.165, 1.54) is 6.07 Å². The molecule has 0 radical (unpaired) electrons. The van der Waals surface area contributed by atoms with Crippen LogP contribution in [0.3, 0.4) is 0 Å². The van der Waals surface area contributed by atoms with Gasteiger partial charge in [0.1, 0.15) is 11.5 Å². The van der Waals surface area contributed by atoms with Crippen molar-refractivity contribution in [2.75, 3.05) is 0 Å². The van der Waals surface area contributed by atoms with Gasteiger partial charge in [0.2, 0.25) is 5.89 Å². The van der Waals surface area contributed by atoms with Crippen LogP contribution < -0.4 is 5.73 Å². The lowest BCUT2D eigenvalue weighted by Crippen LogP contribution is -2.15. The minimum absolute atomic E-state index is 0.167. The second-order valence-corrected chi connectivity index (χ2v) is 4.76. The van der Waals surface area contributed by atoms with Gasteiger partial charge in [-0.15, -0.1) is 0 Å². The van der Waals surface area contributed by atoms with Crippen LogP contribution in [-0.4, -0.2) is 9.97 Å². The lowest BCUT2D eigenvalue weighted by molar-refractivity contribution is -0.141. The summed E-state index contributed by atoms with van der Waals surface area (Å²) >= 11 is 0. The second-order valence-electron chi connectivity index (χ2n) is 4.76. The fourth-order valence-electron chi connectivity index (χ4n) is 2.29. The summed E-state index contributed by atoms with van der Waals surface area (Å²) < 4.78 is 43.5. The maximum absolute atomic E-state index is 12.6. The van der Waals surface area contributed by atoms with Crippen molar-refractivity contribution in [2.45, 2.75) is 31.5 Å². The number of alkyl halides is 3. The van der Waals surface area contributed by atoms with Crippen molar-refractivity contribution in [1.82, 2.24) is 9.97 Å². The van der Waals surface area contributed by atoms with Gasteiger partial charge in [0, 0.05) is 11.8 Å². The van der Waals surface area contributed by atoms with Crippen LogP contribution in [0, 0.1) is 0 Å². The zero-order chi connectivity index (χ0) is 14.3. The molecule has 2 N–H and O–H groups in total.